The van der Waals surface area contributed by atoms with Gasteiger partial charge in [0.15, 0.2) is 0 Å². The van der Waals surface area contributed by atoms with E-state index in [1.807, 2.05) is 0 Å². The molecule has 2 nitrogen and oxygen atoms in total. The lowest BCUT2D eigenvalue weighted by molar-refractivity contribution is -0.121. The molecule has 3 atom stereocenters. The third-order valence-corrected chi connectivity index (χ3v) is 5.49. The fourth-order valence-corrected chi connectivity index (χ4v) is 3.83. The second kappa shape index (κ2) is 3.00. The smallest absolute Gasteiger partial charge is 0.117 e. The molecule has 0 heterocycles. The molecule has 0 aromatic rings. The van der Waals surface area contributed by atoms with Gasteiger partial charge in [-0.25, -0.2) is 0 Å². The molecule has 3 unspecified atom stereocenters. The van der Waals surface area contributed by atoms with Gasteiger partial charge < -0.3 is 9.84 Å². The van der Waals surface area contributed by atoms with E-state index < -0.39 is 5.60 Å². The summed E-state index contributed by atoms with van der Waals surface area (Å²) in [5.41, 5.74) is -0.437. The predicted octanol–water partition coefficient (Wildman–Crippen LogP) is 2.72. The Hall–Kier alpha value is -0.500. The first-order chi connectivity index (χ1) is 6.87. The quantitative estimate of drug-likeness (QED) is 0.726. The predicted molar refractivity (Wildman–Crippen MR) is 60.3 cm³/mol. The van der Waals surface area contributed by atoms with Crippen LogP contribution in [-0.2, 0) is 4.74 Å². The summed E-state index contributed by atoms with van der Waals surface area (Å²) in [6, 6.07) is 0. The lowest BCUT2D eigenvalue weighted by Gasteiger charge is -2.44. The van der Waals surface area contributed by atoms with Gasteiger partial charge in [0.1, 0.15) is 12.2 Å². The summed E-state index contributed by atoms with van der Waals surface area (Å²) in [5.74, 6) is 0.640. The lowest BCUT2D eigenvalue weighted by atomic mass is 9.65. The summed E-state index contributed by atoms with van der Waals surface area (Å²) in [7, 11) is 0. The maximum atomic E-state index is 10.7. The lowest BCUT2D eigenvalue weighted by Crippen LogP contribution is -2.50. The zero-order valence-corrected chi connectivity index (χ0v) is 10.0. The van der Waals surface area contributed by atoms with Crippen molar-refractivity contribution in [1.29, 1.82) is 0 Å². The molecule has 2 aliphatic rings. The molecule has 0 radical (unpaired) electrons. The topological polar surface area (TPSA) is 29.5 Å². The van der Waals surface area contributed by atoms with E-state index >= 15 is 0 Å². The van der Waals surface area contributed by atoms with Gasteiger partial charge in [0.05, 0.1) is 6.26 Å². The van der Waals surface area contributed by atoms with Gasteiger partial charge in [-0.05, 0) is 30.6 Å². The Morgan fingerprint density at radius 2 is 2.13 bits per heavy atom. The van der Waals surface area contributed by atoms with Gasteiger partial charge in [0.25, 0.3) is 0 Å². The Bertz CT molecular complexity index is 284. The zero-order valence-electron chi connectivity index (χ0n) is 10.0. The molecule has 0 spiro atoms. The fraction of sp³-hybridized carbons (Fsp3) is 0.846. The van der Waals surface area contributed by atoms with Crippen molar-refractivity contribution in [3.8, 4) is 0 Å². The monoisotopic (exact) mass is 210 g/mol. The molecule has 0 aromatic carbocycles. The van der Waals surface area contributed by atoms with E-state index in [1.54, 1.807) is 0 Å². The molecular formula is C13H22O2. The van der Waals surface area contributed by atoms with Crippen molar-refractivity contribution in [3.05, 3.63) is 12.8 Å². The van der Waals surface area contributed by atoms with Crippen molar-refractivity contribution in [2.75, 3.05) is 6.61 Å². The number of hydrogen-bond acceptors (Lipinski definition) is 2. The summed E-state index contributed by atoms with van der Waals surface area (Å²) in [4.78, 5) is 0. The molecule has 2 rings (SSSR count). The number of hydrogen-bond donors (Lipinski definition) is 1. The Morgan fingerprint density at radius 3 is 2.53 bits per heavy atom. The van der Waals surface area contributed by atoms with Gasteiger partial charge in [-0.3, -0.25) is 0 Å². The molecule has 2 bridgehead atoms. The van der Waals surface area contributed by atoms with Crippen LogP contribution in [0.25, 0.3) is 0 Å². The van der Waals surface area contributed by atoms with Gasteiger partial charge in [-0.15, -0.1) is 0 Å². The van der Waals surface area contributed by atoms with E-state index in [2.05, 4.69) is 27.4 Å². The minimum absolute atomic E-state index is 0.00627. The molecule has 2 heteroatoms. The van der Waals surface area contributed by atoms with Crippen LogP contribution < -0.4 is 0 Å². The summed E-state index contributed by atoms with van der Waals surface area (Å²) in [6.45, 7) is 10.7. The summed E-state index contributed by atoms with van der Waals surface area (Å²) in [5, 5.41) is 10.7. The van der Waals surface area contributed by atoms with Gasteiger partial charge in [-0.1, -0.05) is 27.4 Å². The normalized spacial score (nSPS) is 46.8. The van der Waals surface area contributed by atoms with Gasteiger partial charge >= 0.3 is 0 Å². The molecule has 2 aliphatic carbocycles. The summed E-state index contributed by atoms with van der Waals surface area (Å²) in [6.07, 6.45) is 4.67. The van der Waals surface area contributed by atoms with Crippen molar-refractivity contribution >= 4 is 0 Å². The Balaban J connectivity index is 2.28. The van der Waals surface area contributed by atoms with Crippen LogP contribution in [0.4, 0.5) is 0 Å². The first-order valence-corrected chi connectivity index (χ1v) is 5.82. The third-order valence-electron chi connectivity index (χ3n) is 5.49. The van der Waals surface area contributed by atoms with Crippen LogP contribution in [0.1, 0.15) is 40.0 Å². The molecule has 86 valence electrons. The summed E-state index contributed by atoms with van der Waals surface area (Å²) < 4.78 is 5.25. The highest BCUT2D eigenvalue weighted by molar-refractivity contribution is 5.17. The van der Waals surface area contributed by atoms with E-state index in [1.165, 1.54) is 12.7 Å². The van der Waals surface area contributed by atoms with E-state index in [-0.39, 0.29) is 10.8 Å². The first kappa shape index (κ1) is 11.0. The molecule has 0 aromatic heterocycles. The third kappa shape index (κ3) is 1.14. The average Bonchev–Trinajstić information content (AvgIpc) is 2.47. The molecule has 0 aliphatic heterocycles. The van der Waals surface area contributed by atoms with Gasteiger partial charge in [0, 0.05) is 5.41 Å². The largest absolute Gasteiger partial charge is 0.499 e. The number of rotatable bonds is 3. The van der Waals surface area contributed by atoms with E-state index in [0.29, 0.717) is 12.5 Å². The van der Waals surface area contributed by atoms with Gasteiger partial charge in [0.2, 0.25) is 0 Å². The minimum atomic E-state index is -0.659. The average molecular weight is 210 g/mol. The molecule has 0 saturated heterocycles. The van der Waals surface area contributed by atoms with Crippen molar-refractivity contribution in [2.45, 2.75) is 45.6 Å². The van der Waals surface area contributed by atoms with Crippen molar-refractivity contribution in [2.24, 2.45) is 16.7 Å². The highest BCUT2D eigenvalue weighted by Gasteiger charge is 2.68. The Morgan fingerprint density at radius 1 is 1.47 bits per heavy atom. The van der Waals surface area contributed by atoms with Crippen LogP contribution in [0.5, 0.6) is 0 Å². The number of aliphatic hydroxyl groups is 1. The Kier molecular flexibility index (Phi) is 2.20. The molecule has 2 fully saturated rings. The Labute approximate surface area is 92.3 Å². The van der Waals surface area contributed by atoms with Crippen LogP contribution >= 0.6 is 0 Å². The molecule has 0 amide bonds. The van der Waals surface area contributed by atoms with E-state index in [0.717, 1.165) is 12.8 Å². The SMILES string of the molecule is C=COCC1(O)CC2CCC1(C)C2(C)C. The highest BCUT2D eigenvalue weighted by Crippen LogP contribution is 2.69. The summed E-state index contributed by atoms with van der Waals surface area (Å²) >= 11 is 0. The first-order valence-electron chi connectivity index (χ1n) is 5.82. The minimum Gasteiger partial charge on any atom is -0.499 e. The van der Waals surface area contributed by atoms with E-state index in [9.17, 15) is 5.11 Å². The molecular weight excluding hydrogens is 188 g/mol. The van der Waals surface area contributed by atoms with Crippen LogP contribution in [0.2, 0.25) is 0 Å². The number of ether oxygens (including phenoxy) is 1. The number of fused-ring (bicyclic) bond motifs is 2. The maximum Gasteiger partial charge on any atom is 0.117 e. The highest BCUT2D eigenvalue weighted by atomic mass is 16.5. The van der Waals surface area contributed by atoms with Crippen molar-refractivity contribution < 1.29 is 9.84 Å². The van der Waals surface area contributed by atoms with Crippen LogP contribution in [0, 0.1) is 16.7 Å². The molecule has 2 saturated carbocycles. The molecule has 1 N–H and O–H groups in total. The van der Waals surface area contributed by atoms with Crippen molar-refractivity contribution in [1.82, 2.24) is 0 Å². The van der Waals surface area contributed by atoms with Gasteiger partial charge in [-0.2, -0.15) is 0 Å². The van der Waals surface area contributed by atoms with Crippen LogP contribution in [0.15, 0.2) is 12.8 Å². The van der Waals surface area contributed by atoms with Crippen LogP contribution in [0.3, 0.4) is 0 Å². The zero-order chi connectivity index (χ0) is 11.3. The second-order valence-electron chi connectivity index (χ2n) is 6.00. The maximum absolute atomic E-state index is 10.7. The van der Waals surface area contributed by atoms with Crippen molar-refractivity contribution in [3.63, 3.8) is 0 Å². The standard InChI is InChI=1S/C13H22O2/c1-5-15-9-13(14)8-10-6-7-12(13,4)11(10,2)3/h5,10,14H,1,6-9H2,2-4H3. The fourth-order valence-electron chi connectivity index (χ4n) is 3.83. The molecule has 15 heavy (non-hydrogen) atoms. The van der Waals surface area contributed by atoms with E-state index in [4.69, 9.17) is 4.74 Å². The second-order valence-corrected chi connectivity index (χ2v) is 6.00. The van der Waals surface area contributed by atoms with Crippen LogP contribution in [-0.4, -0.2) is 17.3 Å².